The molecule has 2 aliphatic carbocycles. The lowest BCUT2D eigenvalue weighted by Gasteiger charge is -2.13. The lowest BCUT2D eigenvalue weighted by Crippen LogP contribution is -2.41. The first-order valence-corrected chi connectivity index (χ1v) is 6.68. The zero-order valence-electron chi connectivity index (χ0n) is 10.3. The largest absolute Gasteiger partial charge is 0.480 e. The van der Waals surface area contributed by atoms with E-state index in [0.717, 1.165) is 19.3 Å². The molecule has 0 saturated heterocycles. The van der Waals surface area contributed by atoms with Gasteiger partial charge in [0.05, 0.1) is 0 Å². The second-order valence-electron chi connectivity index (χ2n) is 5.33. The highest BCUT2D eigenvalue weighted by atomic mass is 16.4. The first-order chi connectivity index (χ1) is 8.15. The highest BCUT2D eigenvalue weighted by molar-refractivity contribution is 5.87. The van der Waals surface area contributed by atoms with E-state index >= 15 is 0 Å². The van der Waals surface area contributed by atoms with Gasteiger partial charge >= 0.3 is 5.97 Å². The molecular weight excluding hydrogens is 218 g/mol. The molecule has 17 heavy (non-hydrogen) atoms. The van der Waals surface area contributed by atoms with E-state index in [0.29, 0.717) is 18.3 Å². The number of nitrogens with one attached hydrogen (secondary N) is 1. The van der Waals surface area contributed by atoms with Gasteiger partial charge in [-0.1, -0.05) is 26.2 Å². The van der Waals surface area contributed by atoms with E-state index < -0.39 is 12.0 Å². The van der Waals surface area contributed by atoms with Gasteiger partial charge in [-0.25, -0.2) is 4.79 Å². The molecule has 2 N–H and O–H groups in total. The summed E-state index contributed by atoms with van der Waals surface area (Å²) in [6.45, 7) is 1.93. The number of carboxylic acid groups (broad SMARTS) is 1. The summed E-state index contributed by atoms with van der Waals surface area (Å²) in [5, 5.41) is 11.7. The zero-order chi connectivity index (χ0) is 12.4. The van der Waals surface area contributed by atoms with Gasteiger partial charge < -0.3 is 10.4 Å². The standard InChI is InChI=1S/C13H21NO3/c1-2-5-10(13(16)17)14-12(15)11-8-6-3-4-7-9(8)11/h8-11H,2-7H2,1H3,(H,14,15)(H,16,17). The number of carboxylic acids is 1. The lowest BCUT2D eigenvalue weighted by molar-refractivity contribution is -0.142. The van der Waals surface area contributed by atoms with Gasteiger partial charge in [0.2, 0.25) is 5.91 Å². The minimum Gasteiger partial charge on any atom is -0.480 e. The van der Waals surface area contributed by atoms with E-state index in [1.54, 1.807) is 0 Å². The van der Waals surface area contributed by atoms with Crippen LogP contribution >= 0.6 is 0 Å². The summed E-state index contributed by atoms with van der Waals surface area (Å²) in [6.07, 6.45) is 6.03. The van der Waals surface area contributed by atoms with Crippen molar-refractivity contribution in [3.8, 4) is 0 Å². The Hall–Kier alpha value is -1.06. The fourth-order valence-corrected chi connectivity index (χ4v) is 3.20. The normalized spacial score (nSPS) is 32.4. The Labute approximate surface area is 102 Å². The van der Waals surface area contributed by atoms with E-state index in [1.165, 1.54) is 12.8 Å². The molecule has 2 rings (SSSR count). The number of amides is 1. The Kier molecular flexibility index (Phi) is 3.69. The third-order valence-electron chi connectivity index (χ3n) is 4.15. The van der Waals surface area contributed by atoms with Crippen molar-refractivity contribution in [3.63, 3.8) is 0 Å². The summed E-state index contributed by atoms with van der Waals surface area (Å²) < 4.78 is 0. The van der Waals surface area contributed by atoms with Crippen molar-refractivity contribution in [2.24, 2.45) is 17.8 Å². The Balaban J connectivity index is 1.86. The maximum atomic E-state index is 12.0. The molecule has 2 aliphatic rings. The van der Waals surface area contributed by atoms with Gasteiger partial charge in [0.15, 0.2) is 0 Å². The second kappa shape index (κ2) is 5.07. The topological polar surface area (TPSA) is 66.4 Å². The van der Waals surface area contributed by atoms with Gasteiger partial charge in [0.1, 0.15) is 6.04 Å². The monoisotopic (exact) mass is 239 g/mol. The number of carbonyl (C=O) groups excluding carboxylic acids is 1. The third-order valence-corrected chi connectivity index (χ3v) is 4.15. The summed E-state index contributed by atoms with van der Waals surface area (Å²) in [6, 6.07) is -0.699. The van der Waals surface area contributed by atoms with Crippen LogP contribution in [-0.4, -0.2) is 23.0 Å². The third kappa shape index (κ3) is 2.61. The van der Waals surface area contributed by atoms with E-state index in [2.05, 4.69) is 5.32 Å². The molecule has 0 aliphatic heterocycles. The van der Waals surface area contributed by atoms with Crippen molar-refractivity contribution in [1.29, 1.82) is 0 Å². The number of hydrogen-bond donors (Lipinski definition) is 2. The molecule has 0 aromatic heterocycles. The molecule has 0 heterocycles. The number of fused-ring (bicyclic) bond motifs is 1. The van der Waals surface area contributed by atoms with Gasteiger partial charge in [-0.2, -0.15) is 0 Å². The molecule has 4 nitrogen and oxygen atoms in total. The molecule has 2 saturated carbocycles. The van der Waals surface area contributed by atoms with E-state index in [1.807, 2.05) is 6.92 Å². The van der Waals surface area contributed by atoms with Crippen molar-refractivity contribution in [2.75, 3.05) is 0 Å². The van der Waals surface area contributed by atoms with Crippen LogP contribution in [0.25, 0.3) is 0 Å². The quantitative estimate of drug-likeness (QED) is 0.768. The molecule has 1 amide bonds. The Bertz CT molecular complexity index is 304. The summed E-state index contributed by atoms with van der Waals surface area (Å²) in [7, 11) is 0. The molecule has 4 heteroatoms. The maximum absolute atomic E-state index is 12.0. The Morgan fingerprint density at radius 1 is 1.29 bits per heavy atom. The summed E-state index contributed by atoms with van der Waals surface area (Å²) >= 11 is 0. The molecule has 0 spiro atoms. The van der Waals surface area contributed by atoms with Gasteiger partial charge in [-0.15, -0.1) is 0 Å². The number of carbonyl (C=O) groups is 2. The summed E-state index contributed by atoms with van der Waals surface area (Å²) in [5.74, 6) is 0.252. The van der Waals surface area contributed by atoms with Crippen LogP contribution in [0.3, 0.4) is 0 Å². The Morgan fingerprint density at radius 3 is 2.35 bits per heavy atom. The number of hydrogen-bond acceptors (Lipinski definition) is 2. The van der Waals surface area contributed by atoms with Crippen molar-refractivity contribution in [3.05, 3.63) is 0 Å². The molecule has 3 atom stereocenters. The molecule has 3 unspecified atom stereocenters. The van der Waals surface area contributed by atoms with Crippen LogP contribution in [0.4, 0.5) is 0 Å². The molecule has 0 aromatic carbocycles. The van der Waals surface area contributed by atoms with Crippen LogP contribution < -0.4 is 5.32 Å². The van der Waals surface area contributed by atoms with Crippen LogP contribution in [0.15, 0.2) is 0 Å². The van der Waals surface area contributed by atoms with Crippen LogP contribution in [0.1, 0.15) is 45.4 Å². The highest BCUT2D eigenvalue weighted by Gasteiger charge is 2.54. The van der Waals surface area contributed by atoms with Crippen LogP contribution in [-0.2, 0) is 9.59 Å². The van der Waals surface area contributed by atoms with Gasteiger partial charge in [0, 0.05) is 5.92 Å². The predicted octanol–water partition coefficient (Wildman–Crippen LogP) is 1.79. The predicted molar refractivity (Wildman–Crippen MR) is 63.4 cm³/mol. The highest BCUT2D eigenvalue weighted by Crippen LogP contribution is 2.55. The van der Waals surface area contributed by atoms with Crippen LogP contribution in [0.5, 0.6) is 0 Å². The molecule has 96 valence electrons. The second-order valence-corrected chi connectivity index (χ2v) is 5.33. The van der Waals surface area contributed by atoms with E-state index in [9.17, 15) is 9.59 Å². The average molecular weight is 239 g/mol. The minimum atomic E-state index is -0.913. The molecule has 0 bridgehead atoms. The molecular formula is C13H21NO3. The fourth-order valence-electron chi connectivity index (χ4n) is 3.20. The molecule has 2 fully saturated rings. The van der Waals surface area contributed by atoms with E-state index in [-0.39, 0.29) is 11.8 Å². The van der Waals surface area contributed by atoms with Crippen molar-refractivity contribution in [1.82, 2.24) is 5.32 Å². The average Bonchev–Trinajstić information content (AvgIpc) is 3.02. The molecule has 0 aromatic rings. The number of rotatable bonds is 5. The van der Waals surface area contributed by atoms with Gasteiger partial charge in [0.25, 0.3) is 0 Å². The first kappa shape index (κ1) is 12.4. The first-order valence-electron chi connectivity index (χ1n) is 6.68. The SMILES string of the molecule is CCCC(NC(=O)C1C2CCCCC21)C(=O)O. The van der Waals surface area contributed by atoms with Crippen LogP contribution in [0, 0.1) is 17.8 Å². The number of aliphatic carboxylic acids is 1. The van der Waals surface area contributed by atoms with Crippen LogP contribution in [0.2, 0.25) is 0 Å². The summed E-state index contributed by atoms with van der Waals surface area (Å²) in [5.41, 5.74) is 0. The van der Waals surface area contributed by atoms with Crippen molar-refractivity contribution in [2.45, 2.75) is 51.5 Å². The fraction of sp³-hybridized carbons (Fsp3) is 0.846. The van der Waals surface area contributed by atoms with Gasteiger partial charge in [-0.3, -0.25) is 4.79 Å². The maximum Gasteiger partial charge on any atom is 0.326 e. The molecule has 0 radical (unpaired) electrons. The zero-order valence-corrected chi connectivity index (χ0v) is 10.3. The lowest BCUT2D eigenvalue weighted by atomic mass is 10.0. The minimum absolute atomic E-state index is 0.0252. The Morgan fingerprint density at radius 2 is 1.88 bits per heavy atom. The van der Waals surface area contributed by atoms with Crippen molar-refractivity contribution >= 4 is 11.9 Å². The van der Waals surface area contributed by atoms with E-state index in [4.69, 9.17) is 5.11 Å². The smallest absolute Gasteiger partial charge is 0.326 e. The summed E-state index contributed by atoms with van der Waals surface area (Å²) in [4.78, 5) is 23.0. The van der Waals surface area contributed by atoms with Crippen molar-refractivity contribution < 1.29 is 14.7 Å². The van der Waals surface area contributed by atoms with Gasteiger partial charge in [-0.05, 0) is 31.1 Å².